The lowest BCUT2D eigenvalue weighted by molar-refractivity contribution is 0.193. The third-order valence-electron chi connectivity index (χ3n) is 3.25. The minimum absolute atomic E-state index is 0.231. The molecule has 0 spiro atoms. The van der Waals surface area contributed by atoms with Crippen molar-refractivity contribution in [3.05, 3.63) is 35.6 Å². The van der Waals surface area contributed by atoms with Gasteiger partial charge in [0, 0.05) is 19.1 Å². The number of methoxy groups -OCH3 is 1. The molecule has 18 heavy (non-hydrogen) atoms. The topological polar surface area (TPSA) is 34.4 Å². The molecule has 2 rings (SSSR count). The number of aryl methyl sites for hydroxylation is 1. The molecule has 0 bridgehead atoms. The fourth-order valence-corrected chi connectivity index (χ4v) is 2.23. The fourth-order valence-electron chi connectivity index (χ4n) is 2.23. The van der Waals surface area contributed by atoms with Crippen LogP contribution >= 0.6 is 0 Å². The summed E-state index contributed by atoms with van der Waals surface area (Å²) < 4.78 is 11.0. The molecule has 2 aromatic rings. The number of hydrogen-bond acceptors (Lipinski definition) is 3. The molecule has 1 heterocycles. The Balaban J connectivity index is 2.08. The van der Waals surface area contributed by atoms with Gasteiger partial charge in [-0.1, -0.05) is 18.2 Å². The molecule has 1 N–H and O–H groups in total. The average molecular weight is 247 g/mol. The number of hydrogen-bond donors (Lipinski definition) is 1. The van der Waals surface area contributed by atoms with Gasteiger partial charge >= 0.3 is 0 Å². The Morgan fingerprint density at radius 3 is 2.83 bits per heavy atom. The first-order valence-corrected chi connectivity index (χ1v) is 6.44. The van der Waals surface area contributed by atoms with Gasteiger partial charge in [-0.3, -0.25) is 0 Å². The van der Waals surface area contributed by atoms with Crippen molar-refractivity contribution in [2.45, 2.75) is 26.3 Å². The van der Waals surface area contributed by atoms with Gasteiger partial charge in [0.2, 0.25) is 0 Å². The molecule has 0 saturated carbocycles. The van der Waals surface area contributed by atoms with Gasteiger partial charge in [0.15, 0.2) is 0 Å². The Labute approximate surface area is 108 Å². The lowest BCUT2D eigenvalue weighted by Gasteiger charge is -2.12. The predicted molar refractivity (Wildman–Crippen MR) is 73.9 cm³/mol. The van der Waals surface area contributed by atoms with Gasteiger partial charge in [-0.25, -0.2) is 0 Å². The summed E-state index contributed by atoms with van der Waals surface area (Å²) >= 11 is 0. The minimum atomic E-state index is 0.231. The Hall–Kier alpha value is -1.32. The maximum atomic E-state index is 5.92. The average Bonchev–Trinajstić information content (AvgIpc) is 2.73. The zero-order valence-electron chi connectivity index (χ0n) is 11.3. The summed E-state index contributed by atoms with van der Waals surface area (Å²) in [7, 11) is 1.73. The SMILES string of the molecule is COCCCNC(C)c1oc2ccccc2c1C. The zero-order chi connectivity index (χ0) is 13.0. The van der Waals surface area contributed by atoms with Crippen LogP contribution in [0.3, 0.4) is 0 Å². The second-order valence-electron chi connectivity index (χ2n) is 4.61. The molecule has 3 nitrogen and oxygen atoms in total. The third kappa shape index (κ3) is 2.74. The van der Waals surface area contributed by atoms with Gasteiger partial charge in [0.05, 0.1) is 6.04 Å². The molecule has 98 valence electrons. The maximum Gasteiger partial charge on any atom is 0.134 e. The number of para-hydroxylation sites is 1. The van der Waals surface area contributed by atoms with E-state index in [1.165, 1.54) is 10.9 Å². The van der Waals surface area contributed by atoms with Crippen LogP contribution < -0.4 is 5.32 Å². The van der Waals surface area contributed by atoms with Crippen LogP contribution in [-0.2, 0) is 4.74 Å². The fraction of sp³-hybridized carbons (Fsp3) is 0.467. The predicted octanol–water partition coefficient (Wildman–Crippen LogP) is 3.43. The van der Waals surface area contributed by atoms with Crippen molar-refractivity contribution in [1.82, 2.24) is 5.32 Å². The van der Waals surface area contributed by atoms with E-state index in [-0.39, 0.29) is 6.04 Å². The maximum absolute atomic E-state index is 5.92. The smallest absolute Gasteiger partial charge is 0.134 e. The minimum Gasteiger partial charge on any atom is -0.459 e. The van der Waals surface area contributed by atoms with Crippen LogP contribution in [0.2, 0.25) is 0 Å². The molecule has 0 saturated heterocycles. The Kier molecular flexibility index (Phi) is 4.39. The van der Waals surface area contributed by atoms with Gasteiger partial charge in [-0.15, -0.1) is 0 Å². The molecular weight excluding hydrogens is 226 g/mol. The van der Waals surface area contributed by atoms with Crippen LogP contribution in [0.15, 0.2) is 28.7 Å². The highest BCUT2D eigenvalue weighted by atomic mass is 16.5. The highest BCUT2D eigenvalue weighted by Crippen LogP contribution is 2.28. The first-order valence-electron chi connectivity index (χ1n) is 6.44. The second-order valence-corrected chi connectivity index (χ2v) is 4.61. The van der Waals surface area contributed by atoms with Crippen LogP contribution in [0, 0.1) is 6.92 Å². The normalized spacial score (nSPS) is 13.1. The molecule has 1 aromatic heterocycles. The van der Waals surface area contributed by atoms with Gasteiger partial charge in [-0.2, -0.15) is 0 Å². The van der Waals surface area contributed by atoms with E-state index in [0.29, 0.717) is 0 Å². The van der Waals surface area contributed by atoms with Crippen molar-refractivity contribution in [1.29, 1.82) is 0 Å². The number of ether oxygens (including phenoxy) is 1. The molecule has 0 amide bonds. The Bertz CT molecular complexity index is 504. The van der Waals surface area contributed by atoms with Crippen LogP contribution in [0.4, 0.5) is 0 Å². The molecule has 3 heteroatoms. The lowest BCUT2D eigenvalue weighted by atomic mass is 10.1. The Morgan fingerprint density at radius 1 is 1.33 bits per heavy atom. The van der Waals surface area contributed by atoms with E-state index in [1.54, 1.807) is 7.11 Å². The summed E-state index contributed by atoms with van der Waals surface area (Å²) in [6.45, 7) is 5.98. The molecule has 0 aliphatic rings. The van der Waals surface area contributed by atoms with E-state index in [1.807, 2.05) is 18.2 Å². The number of fused-ring (bicyclic) bond motifs is 1. The summed E-state index contributed by atoms with van der Waals surface area (Å²) in [6.07, 6.45) is 1.01. The van der Waals surface area contributed by atoms with Crippen LogP contribution in [0.25, 0.3) is 11.0 Å². The summed E-state index contributed by atoms with van der Waals surface area (Å²) in [6, 6.07) is 8.41. The van der Waals surface area contributed by atoms with E-state index in [4.69, 9.17) is 9.15 Å². The number of nitrogens with one attached hydrogen (secondary N) is 1. The monoisotopic (exact) mass is 247 g/mol. The van der Waals surface area contributed by atoms with E-state index in [0.717, 1.165) is 30.9 Å². The standard InChI is InChI=1S/C15H21NO2/c1-11-13-7-4-5-8-14(13)18-15(11)12(2)16-9-6-10-17-3/h4-5,7-8,12,16H,6,9-10H2,1-3H3. The van der Waals surface area contributed by atoms with Crippen molar-refractivity contribution in [2.75, 3.05) is 20.3 Å². The Morgan fingerprint density at radius 2 is 2.11 bits per heavy atom. The largest absolute Gasteiger partial charge is 0.459 e. The van der Waals surface area contributed by atoms with E-state index in [2.05, 4.69) is 25.2 Å². The second kappa shape index (κ2) is 6.03. The third-order valence-corrected chi connectivity index (χ3v) is 3.25. The summed E-state index contributed by atoms with van der Waals surface area (Å²) in [5.74, 6) is 1.04. The quantitative estimate of drug-likeness (QED) is 0.794. The van der Waals surface area contributed by atoms with Crippen LogP contribution in [0.1, 0.15) is 30.7 Å². The number of rotatable bonds is 6. The first kappa shape index (κ1) is 13.1. The number of benzene rings is 1. The number of furan rings is 1. The molecule has 0 aliphatic heterocycles. The van der Waals surface area contributed by atoms with E-state index >= 15 is 0 Å². The van der Waals surface area contributed by atoms with Crippen molar-refractivity contribution >= 4 is 11.0 Å². The van der Waals surface area contributed by atoms with Crippen LogP contribution in [-0.4, -0.2) is 20.3 Å². The van der Waals surface area contributed by atoms with Gasteiger partial charge in [0.1, 0.15) is 11.3 Å². The summed E-state index contributed by atoms with van der Waals surface area (Å²) in [4.78, 5) is 0. The van der Waals surface area contributed by atoms with Crippen molar-refractivity contribution in [3.8, 4) is 0 Å². The van der Waals surface area contributed by atoms with Crippen LogP contribution in [0.5, 0.6) is 0 Å². The van der Waals surface area contributed by atoms with Crippen molar-refractivity contribution in [3.63, 3.8) is 0 Å². The molecular formula is C15H21NO2. The lowest BCUT2D eigenvalue weighted by Crippen LogP contribution is -2.20. The zero-order valence-corrected chi connectivity index (χ0v) is 11.3. The van der Waals surface area contributed by atoms with Gasteiger partial charge in [0.25, 0.3) is 0 Å². The van der Waals surface area contributed by atoms with E-state index in [9.17, 15) is 0 Å². The highest BCUT2D eigenvalue weighted by Gasteiger charge is 2.15. The van der Waals surface area contributed by atoms with Gasteiger partial charge in [-0.05, 0) is 38.4 Å². The van der Waals surface area contributed by atoms with Crippen molar-refractivity contribution in [2.24, 2.45) is 0 Å². The summed E-state index contributed by atoms with van der Waals surface area (Å²) in [5, 5.41) is 4.67. The molecule has 1 aromatic carbocycles. The van der Waals surface area contributed by atoms with Crippen molar-refractivity contribution < 1.29 is 9.15 Å². The molecule has 0 aliphatic carbocycles. The summed E-state index contributed by atoms with van der Waals surface area (Å²) in [5.41, 5.74) is 2.20. The molecule has 1 atom stereocenters. The van der Waals surface area contributed by atoms with E-state index < -0.39 is 0 Å². The molecule has 1 unspecified atom stereocenters. The van der Waals surface area contributed by atoms with Gasteiger partial charge < -0.3 is 14.5 Å². The first-order chi connectivity index (χ1) is 8.74. The molecule has 0 fully saturated rings. The highest BCUT2D eigenvalue weighted by molar-refractivity contribution is 5.82. The molecule has 0 radical (unpaired) electrons.